The van der Waals surface area contributed by atoms with E-state index in [0.717, 1.165) is 24.1 Å². The van der Waals surface area contributed by atoms with Gasteiger partial charge in [0.2, 0.25) is 12.4 Å². The third kappa shape index (κ3) is 5.47. The number of aliphatic hydroxyl groups is 1. The van der Waals surface area contributed by atoms with Crippen molar-refractivity contribution in [2.45, 2.75) is 64.0 Å². The molecule has 0 atom stereocenters. The second-order valence-corrected chi connectivity index (χ2v) is 10.6. The molecular weight excluding hydrogens is 502 g/mol. The Balaban J connectivity index is 1.44. The predicted molar refractivity (Wildman–Crippen MR) is 147 cm³/mol. The molecule has 1 aliphatic carbocycles. The maximum absolute atomic E-state index is 13.2. The fourth-order valence-corrected chi connectivity index (χ4v) is 5.16. The summed E-state index contributed by atoms with van der Waals surface area (Å²) in [6.45, 7) is 7.29. The van der Waals surface area contributed by atoms with E-state index in [1.807, 2.05) is 24.3 Å². The zero-order chi connectivity index (χ0) is 27.7. The molecule has 39 heavy (non-hydrogen) atoms. The number of pyridine rings is 1. The number of allylic oxidation sites excluding steroid dienone is 1. The van der Waals surface area contributed by atoms with Gasteiger partial charge in [0.05, 0.1) is 12.2 Å². The zero-order valence-electron chi connectivity index (χ0n) is 22.0. The van der Waals surface area contributed by atoms with E-state index in [4.69, 9.17) is 0 Å². The molecule has 0 bridgehead atoms. The van der Waals surface area contributed by atoms with Gasteiger partial charge in [-0.3, -0.25) is 4.79 Å². The molecule has 4 aromatic rings. The van der Waals surface area contributed by atoms with Crippen molar-refractivity contribution >= 4 is 22.7 Å². The van der Waals surface area contributed by atoms with Crippen LogP contribution in [0.2, 0.25) is 0 Å². The van der Waals surface area contributed by atoms with Gasteiger partial charge in [-0.2, -0.15) is 4.98 Å². The van der Waals surface area contributed by atoms with Gasteiger partial charge in [0.1, 0.15) is 11.0 Å². The average molecular weight is 535 g/mol. The zero-order valence-corrected chi connectivity index (χ0v) is 22.0. The molecule has 0 aliphatic heterocycles. The first-order chi connectivity index (χ1) is 18.7. The van der Waals surface area contributed by atoms with E-state index in [0.29, 0.717) is 41.3 Å². The third-order valence-electron chi connectivity index (χ3n) is 7.32. The van der Waals surface area contributed by atoms with E-state index < -0.39 is 17.9 Å². The van der Waals surface area contributed by atoms with Crippen LogP contribution in [0, 0.1) is 5.92 Å². The normalized spacial score (nSPS) is 18.0. The number of nitrogens with zero attached hydrogens (tertiary/aromatic N) is 5. The minimum absolute atomic E-state index is 0.229. The van der Waals surface area contributed by atoms with E-state index >= 15 is 0 Å². The molecule has 0 saturated heterocycles. The molecule has 204 valence electrons. The summed E-state index contributed by atoms with van der Waals surface area (Å²) in [5.74, 6) is 0.531. The first kappa shape index (κ1) is 26.7. The average Bonchev–Trinajstić information content (AvgIpc) is 3.19. The molecule has 0 unspecified atom stereocenters. The SMILES string of the molecule is C=CCn1c(=O)c2cnc(Nc3ccc(C4CCC(C(F)F)CC4)cc3)nc2n1-c1cccc(C(C)(C)O)n1. The van der Waals surface area contributed by atoms with Crippen molar-refractivity contribution in [1.82, 2.24) is 24.3 Å². The summed E-state index contributed by atoms with van der Waals surface area (Å²) in [5.41, 5.74) is 1.27. The summed E-state index contributed by atoms with van der Waals surface area (Å²) in [6, 6.07) is 13.1. The van der Waals surface area contributed by atoms with Gasteiger partial charge in [0.25, 0.3) is 5.56 Å². The van der Waals surface area contributed by atoms with E-state index in [1.165, 1.54) is 10.9 Å². The van der Waals surface area contributed by atoms with Crippen LogP contribution in [0.3, 0.4) is 0 Å². The number of halogens is 2. The Bertz CT molecular complexity index is 1530. The number of alkyl halides is 2. The van der Waals surface area contributed by atoms with Gasteiger partial charge in [-0.05, 0) is 75.3 Å². The van der Waals surface area contributed by atoms with Crippen molar-refractivity contribution in [3.8, 4) is 5.82 Å². The lowest BCUT2D eigenvalue weighted by Gasteiger charge is -2.28. The molecule has 0 amide bonds. The largest absolute Gasteiger partial charge is 0.384 e. The van der Waals surface area contributed by atoms with Gasteiger partial charge in [-0.1, -0.05) is 24.3 Å². The van der Waals surface area contributed by atoms with Crippen LogP contribution in [-0.2, 0) is 12.1 Å². The van der Waals surface area contributed by atoms with Gasteiger partial charge >= 0.3 is 0 Å². The van der Waals surface area contributed by atoms with Crippen molar-refractivity contribution < 1.29 is 13.9 Å². The molecule has 3 aromatic heterocycles. The highest BCUT2D eigenvalue weighted by atomic mass is 19.3. The van der Waals surface area contributed by atoms with Crippen LogP contribution in [0.5, 0.6) is 0 Å². The van der Waals surface area contributed by atoms with Gasteiger partial charge in [0, 0.05) is 17.8 Å². The minimum atomic E-state index is -2.24. The molecule has 5 rings (SSSR count). The molecule has 1 fully saturated rings. The lowest BCUT2D eigenvalue weighted by atomic mass is 9.79. The summed E-state index contributed by atoms with van der Waals surface area (Å²) in [7, 11) is 0. The second kappa shape index (κ2) is 10.7. The van der Waals surface area contributed by atoms with Gasteiger partial charge in [-0.25, -0.2) is 28.1 Å². The third-order valence-corrected chi connectivity index (χ3v) is 7.32. The summed E-state index contributed by atoms with van der Waals surface area (Å²) in [4.78, 5) is 26.8. The van der Waals surface area contributed by atoms with Gasteiger partial charge in [0.15, 0.2) is 11.5 Å². The molecule has 1 saturated carbocycles. The predicted octanol–water partition coefficient (Wildman–Crippen LogP) is 5.67. The van der Waals surface area contributed by atoms with Gasteiger partial charge in [-0.15, -0.1) is 6.58 Å². The Morgan fingerprint density at radius 1 is 1.13 bits per heavy atom. The number of hydrogen-bond acceptors (Lipinski definition) is 6. The van der Waals surface area contributed by atoms with Crippen LogP contribution >= 0.6 is 0 Å². The summed E-state index contributed by atoms with van der Waals surface area (Å²) in [6.07, 6.45) is 3.51. The topological polar surface area (TPSA) is 97.9 Å². The van der Waals surface area contributed by atoms with Crippen molar-refractivity contribution in [1.29, 1.82) is 0 Å². The fraction of sp³-hybridized carbons (Fsp3) is 0.379. The lowest BCUT2D eigenvalue weighted by Crippen LogP contribution is -2.23. The van der Waals surface area contributed by atoms with Crippen molar-refractivity contribution in [3.63, 3.8) is 0 Å². The van der Waals surface area contributed by atoms with E-state index in [-0.39, 0.29) is 18.0 Å². The highest BCUT2D eigenvalue weighted by molar-refractivity contribution is 5.77. The number of fused-ring (bicyclic) bond motifs is 1. The number of anilines is 2. The standard InChI is InChI=1S/C29H32F2N6O2/c1-4-16-36-27(38)22-17-32-28(35-26(22)37(36)24-7-5-6-23(34-24)29(2,3)39)33-21-14-12-19(13-15-21)18-8-10-20(11-9-18)25(30)31/h4-7,12-15,17-18,20,25,39H,1,8-11,16H2,2-3H3,(H,32,33,35). The fourth-order valence-electron chi connectivity index (χ4n) is 5.16. The smallest absolute Gasteiger partial charge is 0.278 e. The Labute approximate surface area is 225 Å². The summed E-state index contributed by atoms with van der Waals surface area (Å²) >= 11 is 0. The Hall–Kier alpha value is -3.92. The number of aromatic nitrogens is 5. The van der Waals surface area contributed by atoms with E-state index in [9.17, 15) is 18.7 Å². The van der Waals surface area contributed by atoms with Crippen LogP contribution < -0.4 is 10.9 Å². The van der Waals surface area contributed by atoms with Crippen molar-refractivity contribution in [2.24, 2.45) is 5.92 Å². The maximum Gasteiger partial charge on any atom is 0.278 e. The number of nitrogens with one attached hydrogen (secondary N) is 1. The van der Waals surface area contributed by atoms with E-state index in [1.54, 1.807) is 42.8 Å². The van der Waals surface area contributed by atoms with Crippen molar-refractivity contribution in [3.05, 3.63) is 82.9 Å². The van der Waals surface area contributed by atoms with Crippen LogP contribution in [0.25, 0.3) is 16.9 Å². The second-order valence-electron chi connectivity index (χ2n) is 10.6. The first-order valence-corrected chi connectivity index (χ1v) is 13.1. The maximum atomic E-state index is 13.2. The molecule has 1 aromatic carbocycles. The summed E-state index contributed by atoms with van der Waals surface area (Å²) in [5, 5.41) is 14.0. The lowest BCUT2D eigenvalue weighted by molar-refractivity contribution is 0.0528. The first-order valence-electron chi connectivity index (χ1n) is 13.1. The van der Waals surface area contributed by atoms with Crippen LogP contribution in [0.4, 0.5) is 20.4 Å². The molecule has 0 spiro atoms. The van der Waals surface area contributed by atoms with Gasteiger partial charge < -0.3 is 10.4 Å². The molecule has 10 heteroatoms. The molecular formula is C29H32F2N6O2. The highest BCUT2D eigenvalue weighted by Crippen LogP contribution is 2.38. The molecule has 8 nitrogen and oxygen atoms in total. The molecule has 2 N–H and O–H groups in total. The molecule has 3 heterocycles. The van der Waals surface area contributed by atoms with Crippen LogP contribution in [0.15, 0.2) is 66.1 Å². The van der Waals surface area contributed by atoms with E-state index in [2.05, 4.69) is 26.8 Å². The molecule has 0 radical (unpaired) electrons. The number of rotatable bonds is 8. The minimum Gasteiger partial charge on any atom is -0.384 e. The van der Waals surface area contributed by atoms with Crippen LogP contribution in [-0.4, -0.2) is 35.8 Å². The number of benzene rings is 1. The Morgan fingerprint density at radius 3 is 2.49 bits per heavy atom. The number of hydrogen-bond donors (Lipinski definition) is 2. The van der Waals surface area contributed by atoms with Crippen LogP contribution in [0.1, 0.15) is 56.7 Å². The highest BCUT2D eigenvalue weighted by Gasteiger charge is 2.28. The summed E-state index contributed by atoms with van der Waals surface area (Å²) < 4.78 is 29.1. The quantitative estimate of drug-likeness (QED) is 0.283. The Morgan fingerprint density at radius 2 is 1.85 bits per heavy atom. The monoisotopic (exact) mass is 534 g/mol. The van der Waals surface area contributed by atoms with Crippen molar-refractivity contribution in [2.75, 3.05) is 5.32 Å². The Kier molecular flexibility index (Phi) is 7.31. The molecule has 1 aliphatic rings.